The van der Waals surface area contributed by atoms with E-state index in [9.17, 15) is 9.59 Å². The van der Waals surface area contributed by atoms with Gasteiger partial charge in [-0.2, -0.15) is 0 Å². The predicted octanol–water partition coefficient (Wildman–Crippen LogP) is 0.705. The average molecular weight is 402 g/mol. The third kappa shape index (κ3) is 17.3. The highest BCUT2D eigenvalue weighted by Gasteiger charge is 2.14. The Labute approximate surface area is 168 Å². The number of amides is 2. The van der Waals surface area contributed by atoms with Gasteiger partial charge in [0, 0.05) is 32.7 Å². The van der Waals surface area contributed by atoms with Crippen molar-refractivity contribution in [3.8, 4) is 0 Å². The van der Waals surface area contributed by atoms with Gasteiger partial charge in [0.2, 0.25) is 0 Å². The highest BCUT2D eigenvalue weighted by molar-refractivity contribution is 5.83. The number of guanidine groups is 1. The maximum atomic E-state index is 11.8. The standard InChI is InChI=1S/C18H39N7O3/c1-15(19)9-13-22-10-7-8-14-25(2)18(27)28-17(26)24-12-6-4-3-5-11-23-16(20)21/h15,22H,3-14,19H2,1-2H3,(H,24,26)(H4,20,21,23). The van der Waals surface area contributed by atoms with Crippen molar-refractivity contribution in [2.24, 2.45) is 22.2 Å². The average Bonchev–Trinajstić information content (AvgIpc) is 2.62. The normalized spacial score (nSPS) is 11.5. The molecule has 0 radical (unpaired) electrons. The van der Waals surface area contributed by atoms with Gasteiger partial charge < -0.3 is 37.5 Å². The predicted molar refractivity (Wildman–Crippen MR) is 112 cm³/mol. The first-order valence-electron chi connectivity index (χ1n) is 10.1. The van der Waals surface area contributed by atoms with Crippen LogP contribution in [0.1, 0.15) is 51.9 Å². The number of rotatable bonds is 15. The van der Waals surface area contributed by atoms with Crippen LogP contribution in [-0.4, -0.2) is 68.9 Å². The SMILES string of the molecule is CC(N)CCNCCCCN(C)C(=O)OC(=O)NCCCCCCN=C(N)N. The van der Waals surface area contributed by atoms with Crippen LogP contribution >= 0.6 is 0 Å². The maximum absolute atomic E-state index is 11.8. The Kier molecular flexibility index (Phi) is 15.8. The number of ether oxygens (including phenoxy) is 1. The van der Waals surface area contributed by atoms with Crippen molar-refractivity contribution < 1.29 is 14.3 Å². The minimum atomic E-state index is -0.713. The van der Waals surface area contributed by atoms with Gasteiger partial charge in [-0.3, -0.25) is 4.99 Å². The lowest BCUT2D eigenvalue weighted by Gasteiger charge is -2.16. The molecule has 0 aromatic carbocycles. The third-order valence-electron chi connectivity index (χ3n) is 4.01. The molecule has 0 fully saturated rings. The van der Waals surface area contributed by atoms with Crippen LogP contribution in [0.4, 0.5) is 9.59 Å². The molecule has 10 nitrogen and oxygen atoms in total. The molecule has 0 aromatic rings. The van der Waals surface area contributed by atoms with Crippen LogP contribution in [0.5, 0.6) is 0 Å². The van der Waals surface area contributed by atoms with E-state index in [0.29, 0.717) is 19.6 Å². The summed E-state index contributed by atoms with van der Waals surface area (Å²) in [6.45, 7) is 5.37. The summed E-state index contributed by atoms with van der Waals surface area (Å²) in [5.74, 6) is 0.105. The van der Waals surface area contributed by atoms with E-state index in [2.05, 4.69) is 15.6 Å². The monoisotopic (exact) mass is 401 g/mol. The van der Waals surface area contributed by atoms with Crippen molar-refractivity contribution in [1.82, 2.24) is 15.5 Å². The molecule has 10 heteroatoms. The zero-order valence-corrected chi connectivity index (χ0v) is 17.4. The molecule has 0 aliphatic heterocycles. The zero-order valence-electron chi connectivity index (χ0n) is 17.4. The van der Waals surface area contributed by atoms with Crippen LogP contribution in [0.15, 0.2) is 4.99 Å². The summed E-state index contributed by atoms with van der Waals surface area (Å²) in [5, 5.41) is 5.89. The van der Waals surface area contributed by atoms with Crippen LogP contribution in [0.25, 0.3) is 0 Å². The molecule has 0 bridgehead atoms. The Morgan fingerprint density at radius 2 is 1.71 bits per heavy atom. The van der Waals surface area contributed by atoms with Crippen molar-refractivity contribution in [2.45, 2.75) is 57.9 Å². The van der Waals surface area contributed by atoms with Gasteiger partial charge in [-0.1, -0.05) is 12.8 Å². The summed E-state index contributed by atoms with van der Waals surface area (Å²) in [7, 11) is 1.62. The van der Waals surface area contributed by atoms with Gasteiger partial charge in [0.25, 0.3) is 0 Å². The summed E-state index contributed by atoms with van der Waals surface area (Å²) in [5.41, 5.74) is 16.2. The van der Waals surface area contributed by atoms with Gasteiger partial charge in [-0.15, -0.1) is 0 Å². The lowest BCUT2D eigenvalue weighted by molar-refractivity contribution is 0.124. The van der Waals surface area contributed by atoms with E-state index in [0.717, 1.165) is 58.0 Å². The third-order valence-corrected chi connectivity index (χ3v) is 4.01. The van der Waals surface area contributed by atoms with E-state index in [1.165, 1.54) is 4.90 Å². The van der Waals surface area contributed by atoms with E-state index >= 15 is 0 Å². The molecule has 1 atom stereocenters. The summed E-state index contributed by atoms with van der Waals surface area (Å²) in [6, 6.07) is 0.204. The highest BCUT2D eigenvalue weighted by atomic mass is 16.6. The molecular formula is C18H39N7O3. The van der Waals surface area contributed by atoms with Crippen LogP contribution in [-0.2, 0) is 4.74 Å². The number of aliphatic imine (C=N–C) groups is 1. The van der Waals surface area contributed by atoms with Gasteiger partial charge in [-0.05, 0) is 52.1 Å². The number of nitrogens with one attached hydrogen (secondary N) is 2. The first-order chi connectivity index (χ1) is 13.3. The Hall–Kier alpha value is -2.07. The van der Waals surface area contributed by atoms with Crippen molar-refractivity contribution in [3.05, 3.63) is 0 Å². The van der Waals surface area contributed by atoms with Crippen LogP contribution < -0.4 is 27.8 Å². The van der Waals surface area contributed by atoms with Crippen LogP contribution in [0.2, 0.25) is 0 Å². The van der Waals surface area contributed by atoms with E-state index in [-0.39, 0.29) is 12.0 Å². The summed E-state index contributed by atoms with van der Waals surface area (Å²) < 4.78 is 4.77. The molecule has 0 saturated heterocycles. The van der Waals surface area contributed by atoms with E-state index in [1.807, 2.05) is 6.92 Å². The topological polar surface area (TPSA) is 161 Å². The van der Waals surface area contributed by atoms with E-state index < -0.39 is 12.2 Å². The molecule has 0 heterocycles. The smallest absolute Gasteiger partial charge is 0.370 e. The van der Waals surface area contributed by atoms with Gasteiger partial charge in [0.05, 0.1) is 0 Å². The van der Waals surface area contributed by atoms with E-state index in [4.69, 9.17) is 21.9 Å². The summed E-state index contributed by atoms with van der Waals surface area (Å²) >= 11 is 0. The maximum Gasteiger partial charge on any atom is 0.418 e. The molecule has 164 valence electrons. The number of nitrogens with zero attached hydrogens (tertiary/aromatic N) is 2. The first kappa shape index (κ1) is 25.9. The first-order valence-corrected chi connectivity index (χ1v) is 10.1. The lowest BCUT2D eigenvalue weighted by atomic mass is 10.2. The number of hydrogen-bond acceptors (Lipinski definition) is 6. The molecule has 0 aliphatic rings. The highest BCUT2D eigenvalue weighted by Crippen LogP contribution is 2.00. The fourth-order valence-corrected chi connectivity index (χ4v) is 2.33. The molecule has 8 N–H and O–H groups in total. The number of unbranched alkanes of at least 4 members (excludes halogenated alkanes) is 4. The Bertz CT molecular complexity index is 454. The van der Waals surface area contributed by atoms with Gasteiger partial charge >= 0.3 is 12.2 Å². The molecule has 0 aromatic heterocycles. The second kappa shape index (κ2) is 17.1. The van der Waals surface area contributed by atoms with Crippen molar-refractivity contribution >= 4 is 18.1 Å². The van der Waals surface area contributed by atoms with Gasteiger partial charge in [-0.25, -0.2) is 9.59 Å². The number of hydrogen-bond donors (Lipinski definition) is 5. The number of carbonyl (C=O) groups excluding carboxylic acids is 2. The molecule has 0 rings (SSSR count). The Morgan fingerprint density at radius 3 is 2.39 bits per heavy atom. The Balaban J connectivity index is 3.60. The van der Waals surface area contributed by atoms with Gasteiger partial charge in [0.15, 0.2) is 5.96 Å². The van der Waals surface area contributed by atoms with Gasteiger partial charge in [0.1, 0.15) is 0 Å². The fourth-order valence-electron chi connectivity index (χ4n) is 2.33. The number of carbonyl (C=O) groups is 2. The Morgan fingerprint density at radius 1 is 1.04 bits per heavy atom. The lowest BCUT2D eigenvalue weighted by Crippen LogP contribution is -2.35. The molecule has 28 heavy (non-hydrogen) atoms. The minimum absolute atomic E-state index is 0.105. The number of nitrogens with two attached hydrogens (primary N) is 3. The van der Waals surface area contributed by atoms with Crippen molar-refractivity contribution in [3.63, 3.8) is 0 Å². The minimum Gasteiger partial charge on any atom is -0.370 e. The zero-order chi connectivity index (χ0) is 21.2. The molecule has 2 amide bonds. The molecule has 1 unspecified atom stereocenters. The molecular weight excluding hydrogens is 362 g/mol. The van der Waals surface area contributed by atoms with E-state index in [1.54, 1.807) is 7.05 Å². The fraction of sp³-hybridized carbons (Fsp3) is 0.833. The molecule has 0 spiro atoms. The van der Waals surface area contributed by atoms with Crippen molar-refractivity contribution in [1.29, 1.82) is 0 Å². The molecule has 0 aliphatic carbocycles. The van der Waals surface area contributed by atoms with Crippen LogP contribution in [0, 0.1) is 0 Å². The second-order valence-corrected chi connectivity index (χ2v) is 6.95. The summed E-state index contributed by atoms with van der Waals surface area (Å²) in [4.78, 5) is 28.8. The summed E-state index contributed by atoms with van der Waals surface area (Å²) in [6.07, 6.45) is 4.96. The second-order valence-electron chi connectivity index (χ2n) is 6.95. The largest absolute Gasteiger partial charge is 0.418 e. The van der Waals surface area contributed by atoms with Crippen molar-refractivity contribution in [2.75, 3.05) is 39.8 Å². The molecule has 0 saturated carbocycles. The quantitative estimate of drug-likeness (QED) is 0.117. The van der Waals surface area contributed by atoms with Crippen LogP contribution in [0.3, 0.4) is 0 Å². The number of alkyl carbamates (subject to hydrolysis) is 1.